The number of carbonyl (C=O) groups excluding carboxylic acids is 1. The molecule has 0 unspecified atom stereocenters. The Morgan fingerprint density at radius 1 is 1.47 bits per heavy atom. The molecule has 0 heterocycles. The monoisotopic (exact) mass is 269 g/mol. The second-order valence-corrected chi connectivity index (χ2v) is 3.46. The average Bonchev–Trinajstić information content (AvgIpc) is 2.27. The second kappa shape index (κ2) is 4.80. The molecule has 0 N–H and O–H groups in total. The molecule has 0 aliphatic rings. The number of carbonyl (C=O) groups is 1. The van der Waals surface area contributed by atoms with Crippen LogP contribution in [0.5, 0.6) is 5.75 Å². The van der Waals surface area contributed by atoms with Crippen molar-refractivity contribution in [1.29, 1.82) is 5.26 Å². The van der Waals surface area contributed by atoms with Gasteiger partial charge < -0.3 is 9.47 Å². The zero-order valence-corrected chi connectivity index (χ0v) is 9.79. The van der Waals surface area contributed by atoms with Crippen molar-refractivity contribution in [3.05, 3.63) is 27.7 Å². The summed E-state index contributed by atoms with van der Waals surface area (Å²) in [4.78, 5) is 11.3. The molecule has 0 saturated carbocycles. The molecule has 0 bridgehead atoms. The van der Waals surface area contributed by atoms with Crippen LogP contribution >= 0.6 is 15.9 Å². The quantitative estimate of drug-likeness (QED) is 0.772. The highest BCUT2D eigenvalue weighted by Crippen LogP contribution is 2.30. The van der Waals surface area contributed by atoms with Crippen LogP contribution in [0.15, 0.2) is 16.6 Å². The highest BCUT2D eigenvalue weighted by Gasteiger charge is 2.18. The number of benzene rings is 1. The summed E-state index contributed by atoms with van der Waals surface area (Å²) in [6.45, 7) is 0. The minimum absolute atomic E-state index is 0.221. The lowest BCUT2D eigenvalue weighted by atomic mass is 10.1. The van der Waals surface area contributed by atoms with Crippen molar-refractivity contribution >= 4 is 21.9 Å². The first-order chi connectivity index (χ1) is 7.15. The Hall–Kier alpha value is -1.54. The van der Waals surface area contributed by atoms with Crippen LogP contribution < -0.4 is 4.74 Å². The number of ether oxygens (including phenoxy) is 2. The third kappa shape index (κ3) is 2.10. The van der Waals surface area contributed by atoms with E-state index in [1.807, 2.05) is 6.07 Å². The summed E-state index contributed by atoms with van der Waals surface area (Å²) >= 11 is 3.20. The maximum atomic E-state index is 11.3. The maximum absolute atomic E-state index is 11.3. The van der Waals surface area contributed by atoms with Crippen molar-refractivity contribution < 1.29 is 14.3 Å². The van der Waals surface area contributed by atoms with E-state index in [-0.39, 0.29) is 16.9 Å². The van der Waals surface area contributed by atoms with Crippen LogP contribution in [-0.4, -0.2) is 20.2 Å². The molecule has 78 valence electrons. The Bertz CT molecular complexity index is 437. The molecule has 0 spiro atoms. The summed E-state index contributed by atoms with van der Waals surface area (Å²) in [5.74, 6) is -0.311. The molecule has 0 fully saturated rings. The summed E-state index contributed by atoms with van der Waals surface area (Å²) in [7, 11) is 2.67. The first-order valence-corrected chi connectivity index (χ1v) is 4.80. The number of hydrogen-bond acceptors (Lipinski definition) is 4. The Balaban J connectivity index is 3.43. The van der Waals surface area contributed by atoms with Crippen LogP contribution in [0.4, 0.5) is 0 Å². The molecule has 1 aromatic carbocycles. The van der Waals surface area contributed by atoms with Gasteiger partial charge >= 0.3 is 5.97 Å². The SMILES string of the molecule is COC(=O)c1ccc(Br)c(C#N)c1OC. The minimum atomic E-state index is -0.532. The topological polar surface area (TPSA) is 59.3 Å². The molecule has 5 heteroatoms. The predicted octanol–water partition coefficient (Wildman–Crippen LogP) is 2.12. The molecule has 0 aliphatic heterocycles. The van der Waals surface area contributed by atoms with Gasteiger partial charge in [-0.2, -0.15) is 5.26 Å². The average molecular weight is 270 g/mol. The molecule has 0 atom stereocenters. The van der Waals surface area contributed by atoms with Crippen LogP contribution in [0, 0.1) is 11.3 Å². The van der Waals surface area contributed by atoms with Gasteiger partial charge in [0.25, 0.3) is 0 Å². The van der Waals surface area contributed by atoms with Crippen molar-refractivity contribution in [2.24, 2.45) is 0 Å². The van der Waals surface area contributed by atoms with Crippen molar-refractivity contribution in [3.8, 4) is 11.8 Å². The number of nitrogens with zero attached hydrogens (tertiary/aromatic N) is 1. The fraction of sp³-hybridized carbons (Fsp3) is 0.200. The summed E-state index contributed by atoms with van der Waals surface area (Å²) in [5.41, 5.74) is 0.514. The Labute approximate surface area is 95.5 Å². The Morgan fingerprint density at radius 2 is 2.13 bits per heavy atom. The highest BCUT2D eigenvalue weighted by molar-refractivity contribution is 9.10. The van der Waals surface area contributed by atoms with Gasteiger partial charge in [0.1, 0.15) is 17.2 Å². The van der Waals surface area contributed by atoms with Crippen LogP contribution in [0.1, 0.15) is 15.9 Å². The summed E-state index contributed by atoms with van der Waals surface area (Å²) in [6.07, 6.45) is 0. The molecular weight excluding hydrogens is 262 g/mol. The number of halogens is 1. The van der Waals surface area contributed by atoms with Crippen LogP contribution in [-0.2, 0) is 4.74 Å². The van der Waals surface area contributed by atoms with E-state index in [4.69, 9.17) is 10.00 Å². The second-order valence-electron chi connectivity index (χ2n) is 2.61. The largest absolute Gasteiger partial charge is 0.494 e. The molecule has 0 saturated heterocycles. The van der Waals surface area contributed by atoms with E-state index >= 15 is 0 Å². The van der Waals surface area contributed by atoms with Crippen molar-refractivity contribution in [3.63, 3.8) is 0 Å². The van der Waals surface area contributed by atoms with Crippen LogP contribution in [0.25, 0.3) is 0 Å². The van der Waals surface area contributed by atoms with Crippen molar-refractivity contribution in [2.45, 2.75) is 0 Å². The van der Waals surface area contributed by atoms with Crippen LogP contribution in [0.2, 0.25) is 0 Å². The van der Waals surface area contributed by atoms with Gasteiger partial charge in [0, 0.05) is 4.47 Å². The normalized spacial score (nSPS) is 9.20. The zero-order valence-electron chi connectivity index (χ0n) is 8.20. The highest BCUT2D eigenvalue weighted by atomic mass is 79.9. The number of nitriles is 1. The first-order valence-electron chi connectivity index (χ1n) is 4.00. The van der Waals surface area contributed by atoms with E-state index < -0.39 is 5.97 Å². The molecular formula is C10H8BrNO3. The fourth-order valence-electron chi connectivity index (χ4n) is 1.15. The zero-order chi connectivity index (χ0) is 11.4. The summed E-state index contributed by atoms with van der Waals surface area (Å²) < 4.78 is 10.2. The van der Waals surface area contributed by atoms with E-state index in [1.165, 1.54) is 20.3 Å². The van der Waals surface area contributed by atoms with E-state index in [0.29, 0.717) is 4.47 Å². The molecule has 0 amide bonds. The van der Waals surface area contributed by atoms with E-state index in [1.54, 1.807) is 6.07 Å². The molecule has 0 radical (unpaired) electrons. The van der Waals surface area contributed by atoms with Gasteiger partial charge in [0.05, 0.1) is 14.2 Å². The number of esters is 1. The van der Waals surface area contributed by atoms with Gasteiger partial charge in [-0.15, -0.1) is 0 Å². The van der Waals surface area contributed by atoms with Crippen molar-refractivity contribution in [2.75, 3.05) is 14.2 Å². The first kappa shape index (κ1) is 11.5. The lowest BCUT2D eigenvalue weighted by Gasteiger charge is -2.09. The van der Waals surface area contributed by atoms with Gasteiger partial charge in [-0.1, -0.05) is 0 Å². The van der Waals surface area contributed by atoms with Crippen LogP contribution in [0.3, 0.4) is 0 Å². The molecule has 1 aromatic rings. The number of methoxy groups -OCH3 is 2. The Kier molecular flexibility index (Phi) is 3.69. The maximum Gasteiger partial charge on any atom is 0.341 e. The van der Waals surface area contributed by atoms with Gasteiger partial charge in [0.2, 0.25) is 0 Å². The molecule has 1 rings (SSSR count). The molecule has 0 aliphatic carbocycles. The lowest BCUT2D eigenvalue weighted by Crippen LogP contribution is -2.05. The van der Waals surface area contributed by atoms with Gasteiger partial charge in [0.15, 0.2) is 5.75 Å². The van der Waals surface area contributed by atoms with Gasteiger partial charge in [-0.05, 0) is 28.1 Å². The smallest absolute Gasteiger partial charge is 0.341 e. The van der Waals surface area contributed by atoms with E-state index in [9.17, 15) is 4.79 Å². The summed E-state index contributed by atoms with van der Waals surface area (Å²) in [6, 6.07) is 5.10. The fourth-order valence-corrected chi connectivity index (χ4v) is 1.55. The van der Waals surface area contributed by atoms with E-state index in [2.05, 4.69) is 20.7 Å². The number of rotatable bonds is 2. The lowest BCUT2D eigenvalue weighted by molar-refractivity contribution is 0.0597. The van der Waals surface area contributed by atoms with Gasteiger partial charge in [-0.25, -0.2) is 4.79 Å². The molecule has 4 nitrogen and oxygen atoms in total. The predicted molar refractivity (Wildman–Crippen MR) is 56.7 cm³/mol. The third-order valence-electron chi connectivity index (χ3n) is 1.83. The standard InChI is InChI=1S/C10H8BrNO3/c1-14-9-6(10(13)15-2)3-4-8(11)7(9)5-12/h3-4H,1-2H3. The third-order valence-corrected chi connectivity index (χ3v) is 2.49. The van der Waals surface area contributed by atoms with Crippen molar-refractivity contribution in [1.82, 2.24) is 0 Å². The Morgan fingerprint density at radius 3 is 2.60 bits per heavy atom. The molecule has 0 aromatic heterocycles. The number of hydrogen-bond donors (Lipinski definition) is 0. The van der Waals surface area contributed by atoms with Gasteiger partial charge in [-0.3, -0.25) is 0 Å². The van der Waals surface area contributed by atoms with E-state index in [0.717, 1.165) is 0 Å². The minimum Gasteiger partial charge on any atom is -0.494 e. The molecule has 15 heavy (non-hydrogen) atoms. The summed E-state index contributed by atoms with van der Waals surface area (Å²) in [5, 5.41) is 8.90.